The highest BCUT2D eigenvalue weighted by Gasteiger charge is 2.43. The number of furan rings is 1. The van der Waals surface area contributed by atoms with Crippen LogP contribution < -0.4 is 5.32 Å². The summed E-state index contributed by atoms with van der Waals surface area (Å²) in [5, 5.41) is 13.5. The SMILES string of the molecule is Cc1c(C2(NC(C)C)CCC2)oc2ccc(/C=C/C(=O)O)cc12. The minimum absolute atomic E-state index is 0.0473. The first-order valence-electron chi connectivity index (χ1n) is 8.14. The fraction of sp³-hybridized carbons (Fsp3) is 0.421. The zero-order valence-electron chi connectivity index (χ0n) is 13.8. The molecule has 1 aliphatic rings. The Labute approximate surface area is 136 Å². The molecule has 1 aromatic carbocycles. The van der Waals surface area contributed by atoms with E-state index >= 15 is 0 Å². The first kappa shape index (κ1) is 15.8. The van der Waals surface area contributed by atoms with Crippen LogP contribution in [0.15, 0.2) is 28.7 Å². The first-order valence-corrected chi connectivity index (χ1v) is 8.14. The van der Waals surface area contributed by atoms with Gasteiger partial charge in [-0.25, -0.2) is 4.79 Å². The quantitative estimate of drug-likeness (QED) is 0.811. The summed E-state index contributed by atoms with van der Waals surface area (Å²) in [6, 6.07) is 6.21. The first-order chi connectivity index (χ1) is 10.9. The van der Waals surface area contributed by atoms with Gasteiger partial charge in [-0.3, -0.25) is 0 Å². The number of carboxylic acids is 1. The number of rotatable bonds is 5. The Balaban J connectivity index is 2.03. The van der Waals surface area contributed by atoms with Crippen molar-refractivity contribution in [1.29, 1.82) is 0 Å². The van der Waals surface area contributed by atoms with Crippen molar-refractivity contribution in [1.82, 2.24) is 5.32 Å². The number of aryl methyl sites for hydroxylation is 1. The molecule has 1 aromatic heterocycles. The number of hydrogen-bond acceptors (Lipinski definition) is 3. The molecule has 0 atom stereocenters. The molecule has 0 aliphatic heterocycles. The second kappa shape index (κ2) is 5.85. The molecule has 23 heavy (non-hydrogen) atoms. The van der Waals surface area contributed by atoms with Gasteiger partial charge >= 0.3 is 5.97 Å². The van der Waals surface area contributed by atoms with Gasteiger partial charge in [0.1, 0.15) is 11.3 Å². The van der Waals surface area contributed by atoms with Crippen molar-refractivity contribution in [2.75, 3.05) is 0 Å². The zero-order chi connectivity index (χ0) is 16.6. The van der Waals surface area contributed by atoms with Crippen molar-refractivity contribution in [3.05, 3.63) is 41.2 Å². The van der Waals surface area contributed by atoms with Gasteiger partial charge in [-0.15, -0.1) is 0 Å². The Hall–Kier alpha value is -2.07. The van der Waals surface area contributed by atoms with Crippen LogP contribution >= 0.6 is 0 Å². The maximum absolute atomic E-state index is 10.7. The van der Waals surface area contributed by atoms with E-state index in [1.165, 1.54) is 6.42 Å². The Morgan fingerprint density at radius 1 is 1.39 bits per heavy atom. The van der Waals surface area contributed by atoms with Gasteiger partial charge in [0.05, 0.1) is 5.54 Å². The summed E-state index contributed by atoms with van der Waals surface area (Å²) >= 11 is 0. The van der Waals surface area contributed by atoms with Gasteiger partial charge in [0, 0.05) is 23.1 Å². The molecule has 2 N–H and O–H groups in total. The average Bonchev–Trinajstić information content (AvgIpc) is 2.78. The molecule has 1 heterocycles. The van der Waals surface area contributed by atoms with Crippen LogP contribution in [-0.4, -0.2) is 17.1 Å². The molecule has 4 nitrogen and oxygen atoms in total. The molecular formula is C19H23NO3. The van der Waals surface area contributed by atoms with Crippen molar-refractivity contribution in [3.63, 3.8) is 0 Å². The Bertz CT molecular complexity index is 766. The third kappa shape index (κ3) is 2.91. The van der Waals surface area contributed by atoms with E-state index in [1.807, 2.05) is 18.2 Å². The normalized spacial score (nSPS) is 17.0. The lowest BCUT2D eigenvalue weighted by Crippen LogP contribution is -2.51. The van der Waals surface area contributed by atoms with Crippen LogP contribution in [0.3, 0.4) is 0 Å². The van der Waals surface area contributed by atoms with Crippen LogP contribution in [0.4, 0.5) is 0 Å². The van der Waals surface area contributed by atoms with E-state index in [4.69, 9.17) is 9.52 Å². The van der Waals surface area contributed by atoms with Crippen LogP contribution in [0, 0.1) is 6.92 Å². The minimum Gasteiger partial charge on any atom is -0.478 e. The monoisotopic (exact) mass is 313 g/mol. The number of fused-ring (bicyclic) bond motifs is 1. The van der Waals surface area contributed by atoms with Crippen LogP contribution in [0.2, 0.25) is 0 Å². The third-order valence-electron chi connectivity index (χ3n) is 4.59. The molecule has 0 radical (unpaired) electrons. The zero-order valence-corrected chi connectivity index (χ0v) is 13.8. The molecule has 2 aromatic rings. The molecule has 0 unspecified atom stereocenters. The summed E-state index contributed by atoms with van der Waals surface area (Å²) in [4.78, 5) is 10.7. The predicted octanol–water partition coefficient (Wildman–Crippen LogP) is 4.22. The number of nitrogens with one attached hydrogen (secondary N) is 1. The third-order valence-corrected chi connectivity index (χ3v) is 4.59. The van der Waals surface area contributed by atoms with E-state index in [2.05, 4.69) is 26.1 Å². The number of benzene rings is 1. The summed E-state index contributed by atoms with van der Waals surface area (Å²) < 4.78 is 6.18. The van der Waals surface area contributed by atoms with E-state index < -0.39 is 5.97 Å². The fourth-order valence-corrected chi connectivity index (χ4v) is 3.49. The molecule has 0 amide bonds. The molecule has 122 valence electrons. The number of carbonyl (C=O) groups is 1. The fourth-order valence-electron chi connectivity index (χ4n) is 3.49. The van der Waals surface area contributed by atoms with Gasteiger partial charge in [-0.2, -0.15) is 0 Å². The summed E-state index contributed by atoms with van der Waals surface area (Å²) in [6.07, 6.45) is 6.17. The van der Waals surface area contributed by atoms with Crippen LogP contribution in [0.1, 0.15) is 50.0 Å². The van der Waals surface area contributed by atoms with E-state index in [1.54, 1.807) is 6.08 Å². The van der Waals surface area contributed by atoms with E-state index in [9.17, 15) is 4.79 Å². The van der Waals surface area contributed by atoms with Gasteiger partial charge in [0.15, 0.2) is 0 Å². The summed E-state index contributed by atoms with van der Waals surface area (Å²) in [6.45, 7) is 6.41. The van der Waals surface area contributed by atoms with Gasteiger partial charge in [-0.05, 0) is 63.8 Å². The lowest BCUT2D eigenvalue weighted by Gasteiger charge is -2.43. The van der Waals surface area contributed by atoms with Gasteiger partial charge in [0.2, 0.25) is 0 Å². The van der Waals surface area contributed by atoms with Gasteiger partial charge in [-0.1, -0.05) is 6.07 Å². The highest BCUT2D eigenvalue weighted by Crippen LogP contribution is 2.45. The second-order valence-electron chi connectivity index (χ2n) is 6.72. The standard InChI is InChI=1S/C19H23NO3/c1-12(2)20-19(9-4-10-19)18-13(3)15-11-14(6-8-17(21)22)5-7-16(15)23-18/h5-8,11-12,20H,4,9-10H2,1-3H3,(H,21,22)/b8-6+. The van der Waals surface area contributed by atoms with Crippen LogP contribution in [0.25, 0.3) is 17.0 Å². The minimum atomic E-state index is -0.941. The Morgan fingerprint density at radius 3 is 2.70 bits per heavy atom. The molecule has 0 bridgehead atoms. The van der Waals surface area contributed by atoms with Gasteiger partial charge in [0.25, 0.3) is 0 Å². The van der Waals surface area contributed by atoms with Crippen LogP contribution in [-0.2, 0) is 10.3 Å². The van der Waals surface area contributed by atoms with E-state index in [0.717, 1.165) is 46.8 Å². The smallest absolute Gasteiger partial charge is 0.328 e. The molecule has 4 heteroatoms. The summed E-state index contributed by atoms with van der Waals surface area (Å²) in [7, 11) is 0. The lowest BCUT2D eigenvalue weighted by atomic mass is 9.73. The maximum atomic E-state index is 10.7. The highest BCUT2D eigenvalue weighted by molar-refractivity contribution is 5.88. The molecule has 0 spiro atoms. The largest absolute Gasteiger partial charge is 0.478 e. The summed E-state index contributed by atoms with van der Waals surface area (Å²) in [5.74, 6) is 0.0936. The molecule has 1 saturated carbocycles. The topological polar surface area (TPSA) is 62.5 Å². The Morgan fingerprint density at radius 2 is 2.13 bits per heavy atom. The van der Waals surface area contributed by atoms with Crippen molar-refractivity contribution >= 4 is 23.0 Å². The number of aliphatic carboxylic acids is 1. The molecule has 1 aliphatic carbocycles. The lowest BCUT2D eigenvalue weighted by molar-refractivity contribution is -0.131. The average molecular weight is 313 g/mol. The summed E-state index contributed by atoms with van der Waals surface area (Å²) in [5.41, 5.74) is 2.84. The molecular weight excluding hydrogens is 290 g/mol. The van der Waals surface area contributed by atoms with E-state index in [0.29, 0.717) is 6.04 Å². The van der Waals surface area contributed by atoms with Crippen molar-refractivity contribution in [3.8, 4) is 0 Å². The molecule has 0 saturated heterocycles. The Kier molecular flexibility index (Phi) is 4.02. The van der Waals surface area contributed by atoms with Crippen LogP contribution in [0.5, 0.6) is 0 Å². The van der Waals surface area contributed by atoms with Crippen molar-refractivity contribution < 1.29 is 14.3 Å². The molecule has 3 rings (SSSR count). The highest BCUT2D eigenvalue weighted by atomic mass is 16.4. The van der Waals surface area contributed by atoms with Crippen molar-refractivity contribution in [2.24, 2.45) is 0 Å². The van der Waals surface area contributed by atoms with Crippen molar-refractivity contribution in [2.45, 2.75) is 51.6 Å². The predicted molar refractivity (Wildman–Crippen MR) is 91.4 cm³/mol. The number of hydrogen-bond donors (Lipinski definition) is 2. The number of carboxylic acid groups (broad SMARTS) is 1. The van der Waals surface area contributed by atoms with E-state index in [-0.39, 0.29) is 5.54 Å². The maximum Gasteiger partial charge on any atom is 0.328 e. The van der Waals surface area contributed by atoms with Gasteiger partial charge < -0.3 is 14.8 Å². The molecule has 1 fully saturated rings. The second-order valence-corrected chi connectivity index (χ2v) is 6.72.